The summed E-state index contributed by atoms with van der Waals surface area (Å²) in [5.74, 6) is -1.65. The molecule has 398 valence electrons. The van der Waals surface area contributed by atoms with Crippen LogP contribution in [0.4, 0.5) is 34.1 Å². The lowest BCUT2D eigenvalue weighted by atomic mass is 9.30. The zero-order valence-corrected chi connectivity index (χ0v) is 47.4. The van der Waals surface area contributed by atoms with Gasteiger partial charge < -0.3 is 18.8 Å². The molecule has 14 rings (SSSR count). The van der Waals surface area contributed by atoms with Gasteiger partial charge in [0.2, 0.25) is 6.71 Å². The number of furan rings is 1. The second-order valence-electron chi connectivity index (χ2n) is 26.4. The maximum Gasteiger partial charge on any atom is 0.247 e. The molecule has 1 atom stereocenters. The van der Waals surface area contributed by atoms with E-state index in [-0.39, 0.29) is 101 Å². The SMILES string of the molecule is [2H]c1c([2H])c2c3c(c1[2H])-n1c4c([2H])c([2H])c(C(C)(C)C)c([2H])c4c4c([2H])c(C(C)(C)C)c([2H])c(c41)C3c1c([2H])c(C(C)(C)C)c([2H])c3c1B2c1c([2H])c([2H])c(N(c2c([2H])c([2H])c(C(C)(C)C)c([2H])c2[2H])c2c([2H])c([2H])c(C(C)(C)C)c([2H])c2[2H])c([2H])c1N3c1c([2H])c([2H])c2oc3c([2H])c([2H])c([2H])c([2H])c3c2c1[2H]. The second-order valence-corrected chi connectivity index (χ2v) is 26.4. The minimum Gasteiger partial charge on any atom is -0.456 e. The van der Waals surface area contributed by atoms with Crippen LogP contribution in [-0.4, -0.2) is 11.3 Å². The van der Waals surface area contributed by atoms with Crippen molar-refractivity contribution < 1.29 is 42.8 Å². The van der Waals surface area contributed by atoms with Gasteiger partial charge in [0.15, 0.2) is 0 Å². The van der Waals surface area contributed by atoms with Crippen molar-refractivity contribution in [3.63, 3.8) is 0 Å². The first-order valence-corrected chi connectivity index (χ1v) is 26.9. The van der Waals surface area contributed by atoms with Crippen LogP contribution in [0.3, 0.4) is 0 Å². The molecule has 3 aliphatic rings. The fourth-order valence-electron chi connectivity index (χ4n) is 11.2. The van der Waals surface area contributed by atoms with E-state index in [1.165, 1.54) is 4.57 Å². The van der Waals surface area contributed by atoms with Gasteiger partial charge in [-0.15, -0.1) is 0 Å². The molecule has 9 aromatic carbocycles. The van der Waals surface area contributed by atoms with Crippen molar-refractivity contribution in [1.82, 2.24) is 4.57 Å². The first-order valence-electron chi connectivity index (χ1n) is 40.9. The minimum atomic E-state index is -1.96. The highest BCUT2D eigenvalue weighted by Crippen LogP contribution is 2.53. The van der Waals surface area contributed by atoms with Crippen LogP contribution in [0.1, 0.15) is 193 Å². The summed E-state index contributed by atoms with van der Waals surface area (Å²) < 4.78 is 290. The Labute approximate surface area is 513 Å². The van der Waals surface area contributed by atoms with Crippen LogP contribution in [0.2, 0.25) is 0 Å². The van der Waals surface area contributed by atoms with E-state index in [4.69, 9.17) is 8.53 Å². The summed E-state index contributed by atoms with van der Waals surface area (Å²) in [5, 5.41) is -0.977. The van der Waals surface area contributed by atoms with Crippen LogP contribution in [0.5, 0.6) is 0 Å². The van der Waals surface area contributed by atoms with E-state index in [0.717, 1.165) is 4.90 Å². The topological polar surface area (TPSA) is 24.6 Å². The van der Waals surface area contributed by atoms with Gasteiger partial charge in [0.25, 0.3) is 0 Å². The highest BCUT2D eigenvalue weighted by Gasteiger charge is 2.48. The van der Waals surface area contributed by atoms with Gasteiger partial charge in [0.1, 0.15) is 11.2 Å². The quantitative estimate of drug-likeness (QED) is 0.164. The molecule has 3 aliphatic heterocycles. The summed E-state index contributed by atoms with van der Waals surface area (Å²) in [6.07, 6.45) is 0. The standard InChI is InChI=1S/C75H74BN3O/c1-71(2,3)44-23-28-49(29-24-44)77(50-30-25-45(26-31-50)72(4,5)6)52-32-34-59-63(43-52)78(51-33-36-66-55(42-51)53-19-16-17-22-65(53)80-66)64-41-48(75(13,14)15)39-57-67-58-40-47(74(10,11)12)38-56-54-37-46(73(7,8)9)27-35-61(54)79(70(56)58)62-21-18-20-60(68(62)67)76(59)69(57)64/h16-43,67H,1-15H3/i16D,17D,18D,19D,20D,21D,22D,23D,24D,25D,26D,27D,28D,29D,30D,31D,32D,33D,34D,35D,36D,37D,38D,39D,40D,41D,42D,43D. The molecule has 5 heteroatoms. The van der Waals surface area contributed by atoms with Crippen LogP contribution >= 0.6 is 0 Å². The molecule has 0 saturated carbocycles. The van der Waals surface area contributed by atoms with E-state index >= 15 is 0 Å². The Morgan fingerprint density at radius 3 is 1.65 bits per heavy atom. The first kappa shape index (κ1) is 28.6. The summed E-state index contributed by atoms with van der Waals surface area (Å²) >= 11 is 0. The Balaban J connectivity index is 1.30. The van der Waals surface area contributed by atoms with Crippen LogP contribution in [0.15, 0.2) is 174 Å². The third-order valence-electron chi connectivity index (χ3n) is 15.4. The maximum absolute atomic E-state index is 11.3. The number of anilines is 6. The zero-order valence-electron chi connectivity index (χ0n) is 75.4. The fraction of sp³-hybridized carbons (Fsp3) is 0.280. The number of hydrogen-bond acceptors (Lipinski definition) is 3. The lowest BCUT2D eigenvalue weighted by Crippen LogP contribution is -2.62. The molecule has 0 saturated heterocycles. The molecule has 2 aromatic heterocycles. The molecule has 11 aromatic rings. The van der Waals surface area contributed by atoms with Crippen molar-refractivity contribution in [2.24, 2.45) is 0 Å². The van der Waals surface area contributed by atoms with Crippen molar-refractivity contribution >= 4 is 101 Å². The lowest BCUT2D eigenvalue weighted by Gasteiger charge is -2.45. The Hall–Kier alpha value is -7.76. The number of fused-ring (bicyclic) bond motifs is 12. The Morgan fingerprint density at radius 1 is 0.425 bits per heavy atom. The van der Waals surface area contributed by atoms with E-state index in [9.17, 15) is 34.3 Å². The normalized spacial score (nSPS) is 19.9. The van der Waals surface area contributed by atoms with Gasteiger partial charge in [-0.2, -0.15) is 0 Å². The smallest absolute Gasteiger partial charge is 0.247 e. The first-order chi connectivity index (χ1) is 49.6. The maximum atomic E-state index is 11.3. The average Bonchev–Trinajstić information content (AvgIpc) is 1.17. The molecule has 1 unspecified atom stereocenters. The average molecular weight is 1070 g/mol. The van der Waals surface area contributed by atoms with Gasteiger partial charge in [-0.05, 0) is 173 Å². The summed E-state index contributed by atoms with van der Waals surface area (Å²) in [6.45, 7) is 23.4. The van der Waals surface area contributed by atoms with Gasteiger partial charge in [-0.3, -0.25) is 0 Å². The van der Waals surface area contributed by atoms with Crippen LogP contribution in [0, 0.1) is 0 Å². The van der Waals surface area contributed by atoms with Crippen molar-refractivity contribution in [2.45, 2.75) is 137 Å². The summed E-state index contributed by atoms with van der Waals surface area (Å²) in [4.78, 5) is 1.65. The largest absolute Gasteiger partial charge is 0.456 e. The Bertz CT molecular complexity index is 5960. The fourth-order valence-corrected chi connectivity index (χ4v) is 11.2. The minimum absolute atomic E-state index is 0.00718. The zero-order chi connectivity index (χ0) is 80.3. The van der Waals surface area contributed by atoms with Gasteiger partial charge in [0.05, 0.1) is 49.4 Å². The number of aromatic nitrogens is 1. The molecule has 80 heavy (non-hydrogen) atoms. The van der Waals surface area contributed by atoms with E-state index in [0.29, 0.717) is 4.90 Å². The van der Waals surface area contributed by atoms with Crippen LogP contribution < -0.4 is 26.2 Å². The van der Waals surface area contributed by atoms with Gasteiger partial charge in [-0.1, -0.05) is 188 Å². The van der Waals surface area contributed by atoms with E-state index in [1.807, 2.05) is 0 Å². The highest BCUT2D eigenvalue weighted by molar-refractivity contribution is 6.99. The van der Waals surface area contributed by atoms with Crippen molar-refractivity contribution in [2.75, 3.05) is 9.80 Å². The summed E-state index contributed by atoms with van der Waals surface area (Å²) in [6, 6.07) is -20.2. The predicted molar refractivity (Wildman–Crippen MR) is 343 cm³/mol. The second kappa shape index (κ2) is 16.9. The molecule has 0 bridgehead atoms. The van der Waals surface area contributed by atoms with E-state index in [1.54, 1.807) is 104 Å². The summed E-state index contributed by atoms with van der Waals surface area (Å²) in [5.41, 5.74) is -13.7. The number of nitrogens with zero attached hydrogens (tertiary/aromatic N) is 3. The molecule has 0 radical (unpaired) electrons. The molecule has 0 aliphatic carbocycles. The van der Waals surface area contributed by atoms with Gasteiger partial charge >= 0.3 is 0 Å². The molecule has 0 N–H and O–H groups in total. The van der Waals surface area contributed by atoms with Crippen LogP contribution in [-0.2, 0) is 27.1 Å². The van der Waals surface area contributed by atoms with E-state index < -0.39 is 252 Å². The van der Waals surface area contributed by atoms with Crippen molar-refractivity contribution in [1.29, 1.82) is 0 Å². The highest BCUT2D eigenvalue weighted by atomic mass is 16.3. The van der Waals surface area contributed by atoms with E-state index in [2.05, 4.69) is 0 Å². The lowest BCUT2D eigenvalue weighted by molar-refractivity contribution is 0.588. The Morgan fingerprint density at radius 2 is 1.00 bits per heavy atom. The Kier molecular flexibility index (Phi) is 6.04. The number of para-hydroxylation sites is 1. The molecular formula is C75H74BN3O. The number of rotatable bonds is 4. The van der Waals surface area contributed by atoms with Crippen LogP contribution in [0.25, 0.3) is 49.4 Å². The number of hydrogen-bond donors (Lipinski definition) is 0. The monoisotopic (exact) mass is 1070 g/mol. The van der Waals surface area contributed by atoms with Gasteiger partial charge in [0, 0.05) is 67.3 Å². The third-order valence-corrected chi connectivity index (χ3v) is 15.4. The molecule has 5 heterocycles. The predicted octanol–water partition coefficient (Wildman–Crippen LogP) is 18.7. The molecular weight excluding hydrogens is 970 g/mol. The third kappa shape index (κ3) is 7.62. The molecule has 0 spiro atoms. The van der Waals surface area contributed by atoms with Gasteiger partial charge in [-0.25, -0.2) is 0 Å². The molecule has 0 amide bonds. The molecule has 0 fully saturated rings. The number of benzene rings is 9. The molecule has 4 nitrogen and oxygen atoms in total. The van der Waals surface area contributed by atoms with Crippen molar-refractivity contribution in [3.05, 3.63) is 214 Å². The summed E-state index contributed by atoms with van der Waals surface area (Å²) in [7, 11) is 0. The van der Waals surface area contributed by atoms with Crippen molar-refractivity contribution in [3.8, 4) is 5.69 Å².